The van der Waals surface area contributed by atoms with Gasteiger partial charge in [0.2, 0.25) is 5.91 Å². The van der Waals surface area contributed by atoms with Gasteiger partial charge in [0.25, 0.3) is 0 Å². The first-order chi connectivity index (χ1) is 5.79. The van der Waals surface area contributed by atoms with Gasteiger partial charge in [0, 0.05) is 25.9 Å². The average molecular weight is 238 g/mol. The van der Waals surface area contributed by atoms with Crippen molar-refractivity contribution in [2.24, 2.45) is 0 Å². The number of carbonyl (C=O) groups is 1. The minimum Gasteiger partial charge on any atom is -0.292 e. The van der Waals surface area contributed by atoms with Crippen LogP contribution in [-0.2, 0) is 11.3 Å². The summed E-state index contributed by atoms with van der Waals surface area (Å²) in [4.78, 5) is 14.3. The number of halogens is 2. The molecule has 14 heavy (non-hydrogen) atoms. The zero-order chi connectivity index (χ0) is 8.81. The van der Waals surface area contributed by atoms with Crippen LogP contribution in [0.3, 0.4) is 0 Å². The molecule has 1 aromatic rings. The van der Waals surface area contributed by atoms with Crippen molar-refractivity contribution < 1.29 is 4.79 Å². The lowest BCUT2D eigenvalue weighted by Gasteiger charge is -2.03. The van der Waals surface area contributed by atoms with Gasteiger partial charge in [0.05, 0.1) is 0 Å². The van der Waals surface area contributed by atoms with E-state index in [4.69, 9.17) is 0 Å². The normalized spacial score (nSPS) is 8.07. The minimum atomic E-state index is -0.0935. The van der Waals surface area contributed by atoms with Crippen molar-refractivity contribution in [2.75, 3.05) is 0 Å². The summed E-state index contributed by atoms with van der Waals surface area (Å²) >= 11 is 0. The molecule has 0 atom stereocenters. The zero-order valence-electron chi connectivity index (χ0n) is 7.69. The molecule has 0 saturated heterocycles. The Balaban J connectivity index is 0. The molecule has 4 nitrogen and oxygen atoms in total. The quantitative estimate of drug-likeness (QED) is 0.774. The Morgan fingerprint density at radius 1 is 1.36 bits per heavy atom. The third kappa shape index (κ3) is 6.65. The number of nitrogens with one attached hydrogen (secondary N) is 2. The number of nitrogens with zero attached hydrogens (tertiary/aromatic N) is 1. The van der Waals surface area contributed by atoms with Gasteiger partial charge < -0.3 is 0 Å². The molecule has 0 fully saturated rings. The van der Waals surface area contributed by atoms with E-state index in [1.807, 2.05) is 12.1 Å². The molecule has 0 aliphatic carbocycles. The van der Waals surface area contributed by atoms with Gasteiger partial charge in [-0.1, -0.05) is 0 Å². The highest BCUT2D eigenvalue weighted by Crippen LogP contribution is 1.93. The maximum atomic E-state index is 10.4. The molecule has 0 radical (unpaired) electrons. The summed E-state index contributed by atoms with van der Waals surface area (Å²) in [6, 6.07) is 3.77. The molecule has 80 valence electrons. The molecular formula is C8H13Cl2N3O. The van der Waals surface area contributed by atoms with Gasteiger partial charge in [-0.15, -0.1) is 24.8 Å². The number of aromatic nitrogens is 1. The molecule has 0 spiro atoms. The van der Waals surface area contributed by atoms with Crippen LogP contribution in [0.4, 0.5) is 0 Å². The smallest absolute Gasteiger partial charge is 0.230 e. The van der Waals surface area contributed by atoms with Gasteiger partial charge in [0.1, 0.15) is 0 Å². The number of amides is 1. The van der Waals surface area contributed by atoms with Crippen LogP contribution in [0.25, 0.3) is 0 Å². The summed E-state index contributed by atoms with van der Waals surface area (Å²) in [6.07, 6.45) is 3.43. The van der Waals surface area contributed by atoms with Gasteiger partial charge in [-0.25, -0.2) is 5.43 Å². The number of hydrogen-bond acceptors (Lipinski definition) is 3. The molecule has 6 heteroatoms. The Kier molecular flexibility index (Phi) is 9.76. The van der Waals surface area contributed by atoms with E-state index in [9.17, 15) is 4.79 Å². The Labute approximate surface area is 95.3 Å². The molecule has 0 aliphatic rings. The summed E-state index contributed by atoms with van der Waals surface area (Å²) in [5.74, 6) is -0.0935. The molecule has 2 N–H and O–H groups in total. The van der Waals surface area contributed by atoms with Crippen molar-refractivity contribution in [2.45, 2.75) is 13.5 Å². The summed E-state index contributed by atoms with van der Waals surface area (Å²) in [5, 5.41) is 0. The highest BCUT2D eigenvalue weighted by atomic mass is 35.5. The molecule has 0 unspecified atom stereocenters. The van der Waals surface area contributed by atoms with E-state index >= 15 is 0 Å². The first kappa shape index (κ1) is 15.6. The maximum Gasteiger partial charge on any atom is 0.230 e. The van der Waals surface area contributed by atoms with E-state index in [0.29, 0.717) is 6.54 Å². The van der Waals surface area contributed by atoms with Crippen LogP contribution in [0, 0.1) is 0 Å². The van der Waals surface area contributed by atoms with Gasteiger partial charge in [-0.3, -0.25) is 15.2 Å². The topological polar surface area (TPSA) is 54.0 Å². The Morgan fingerprint density at radius 2 is 1.93 bits per heavy atom. The standard InChI is InChI=1S/C8H11N3O.2ClH/c1-7(12)11-10-6-8-2-4-9-5-3-8;;/h2-5,10H,6H2,1H3,(H,11,12);2*1H. The van der Waals surface area contributed by atoms with Crippen molar-refractivity contribution >= 4 is 30.7 Å². The van der Waals surface area contributed by atoms with Gasteiger partial charge in [-0.2, -0.15) is 0 Å². The molecule has 1 aromatic heterocycles. The fourth-order valence-electron chi connectivity index (χ4n) is 0.771. The molecule has 0 saturated carbocycles. The van der Waals surface area contributed by atoms with Crippen LogP contribution >= 0.6 is 24.8 Å². The van der Waals surface area contributed by atoms with Crippen LogP contribution < -0.4 is 10.9 Å². The van der Waals surface area contributed by atoms with Crippen molar-refractivity contribution in [3.8, 4) is 0 Å². The summed E-state index contributed by atoms with van der Waals surface area (Å²) in [7, 11) is 0. The van der Waals surface area contributed by atoms with Crippen LogP contribution in [0.5, 0.6) is 0 Å². The first-order valence-electron chi connectivity index (χ1n) is 3.67. The third-order valence-corrected chi connectivity index (χ3v) is 1.31. The Bertz CT molecular complexity index is 256. The fraction of sp³-hybridized carbons (Fsp3) is 0.250. The SMILES string of the molecule is CC(=O)NNCc1ccncc1.Cl.Cl. The second-order valence-corrected chi connectivity index (χ2v) is 2.39. The van der Waals surface area contributed by atoms with Gasteiger partial charge >= 0.3 is 0 Å². The van der Waals surface area contributed by atoms with Crippen molar-refractivity contribution in [1.82, 2.24) is 15.8 Å². The van der Waals surface area contributed by atoms with E-state index in [0.717, 1.165) is 5.56 Å². The van der Waals surface area contributed by atoms with Crippen molar-refractivity contribution in [3.63, 3.8) is 0 Å². The van der Waals surface area contributed by atoms with E-state index in [2.05, 4.69) is 15.8 Å². The number of pyridine rings is 1. The van der Waals surface area contributed by atoms with Crippen molar-refractivity contribution in [1.29, 1.82) is 0 Å². The van der Waals surface area contributed by atoms with E-state index in [1.54, 1.807) is 12.4 Å². The highest BCUT2D eigenvalue weighted by Gasteiger charge is 1.90. The number of hydrogen-bond donors (Lipinski definition) is 2. The van der Waals surface area contributed by atoms with E-state index in [-0.39, 0.29) is 30.7 Å². The van der Waals surface area contributed by atoms with E-state index < -0.39 is 0 Å². The highest BCUT2D eigenvalue weighted by molar-refractivity contribution is 5.85. The molecular weight excluding hydrogens is 225 g/mol. The second-order valence-electron chi connectivity index (χ2n) is 2.39. The maximum absolute atomic E-state index is 10.4. The van der Waals surface area contributed by atoms with Crippen LogP contribution in [0.2, 0.25) is 0 Å². The lowest BCUT2D eigenvalue weighted by molar-refractivity contribution is -0.119. The van der Waals surface area contributed by atoms with Crippen LogP contribution in [0.15, 0.2) is 24.5 Å². The zero-order valence-corrected chi connectivity index (χ0v) is 9.32. The van der Waals surface area contributed by atoms with E-state index in [1.165, 1.54) is 6.92 Å². The Morgan fingerprint density at radius 3 is 2.43 bits per heavy atom. The van der Waals surface area contributed by atoms with Crippen molar-refractivity contribution in [3.05, 3.63) is 30.1 Å². The number of carbonyl (C=O) groups excluding carboxylic acids is 1. The first-order valence-corrected chi connectivity index (χ1v) is 3.67. The predicted octanol–water partition coefficient (Wildman–Crippen LogP) is 1.07. The third-order valence-electron chi connectivity index (χ3n) is 1.31. The van der Waals surface area contributed by atoms with Gasteiger partial charge in [0.15, 0.2) is 0 Å². The molecule has 0 aromatic carbocycles. The molecule has 1 amide bonds. The monoisotopic (exact) mass is 237 g/mol. The minimum absolute atomic E-state index is 0. The molecule has 1 heterocycles. The fourth-order valence-corrected chi connectivity index (χ4v) is 0.771. The van der Waals surface area contributed by atoms with Crippen LogP contribution in [0.1, 0.15) is 12.5 Å². The second kappa shape index (κ2) is 8.74. The lowest BCUT2D eigenvalue weighted by atomic mass is 10.3. The average Bonchev–Trinajstić information content (AvgIpc) is 2.05. The van der Waals surface area contributed by atoms with Gasteiger partial charge in [-0.05, 0) is 17.7 Å². The molecule has 1 rings (SSSR count). The van der Waals surface area contributed by atoms with Crippen LogP contribution in [-0.4, -0.2) is 10.9 Å². The number of rotatable bonds is 3. The largest absolute Gasteiger partial charge is 0.292 e. The molecule has 0 bridgehead atoms. The summed E-state index contributed by atoms with van der Waals surface area (Å²) < 4.78 is 0. The predicted molar refractivity (Wildman–Crippen MR) is 59.4 cm³/mol. The summed E-state index contributed by atoms with van der Waals surface area (Å²) in [5.41, 5.74) is 6.34. The number of hydrazine groups is 1. The Hall–Kier alpha value is -0.840. The summed E-state index contributed by atoms with van der Waals surface area (Å²) in [6.45, 7) is 2.07. The lowest BCUT2D eigenvalue weighted by Crippen LogP contribution is -2.34. The molecule has 0 aliphatic heterocycles.